The highest BCUT2D eigenvalue weighted by atomic mass is 16.2. The number of hydrogen-bond donors (Lipinski definition) is 1. The number of hydrogen-bond acceptors (Lipinski definition) is 3. The summed E-state index contributed by atoms with van der Waals surface area (Å²) < 4.78 is 0. The second-order valence-corrected chi connectivity index (χ2v) is 7.04. The Bertz CT molecular complexity index is 672. The van der Waals surface area contributed by atoms with Crippen LogP contribution in [0.5, 0.6) is 0 Å². The average Bonchev–Trinajstić information content (AvgIpc) is 3.32. The largest absolute Gasteiger partial charge is 0.326 e. The van der Waals surface area contributed by atoms with Gasteiger partial charge in [-0.1, -0.05) is 24.3 Å². The van der Waals surface area contributed by atoms with E-state index in [2.05, 4.69) is 12.2 Å². The summed E-state index contributed by atoms with van der Waals surface area (Å²) in [6.07, 6.45) is 5.60. The van der Waals surface area contributed by atoms with Crippen LogP contribution in [0.25, 0.3) is 0 Å². The first-order valence-electron chi connectivity index (χ1n) is 8.06. The quantitative estimate of drug-likeness (QED) is 0.667. The Labute approximate surface area is 129 Å². The first kappa shape index (κ1) is 12.6. The summed E-state index contributed by atoms with van der Waals surface area (Å²) in [7, 11) is 0. The number of rotatable bonds is 2. The zero-order valence-electron chi connectivity index (χ0n) is 12.2. The number of anilines is 1. The molecule has 1 heterocycles. The van der Waals surface area contributed by atoms with Crippen LogP contribution >= 0.6 is 0 Å². The summed E-state index contributed by atoms with van der Waals surface area (Å²) in [4.78, 5) is 27.2. The molecule has 2 bridgehead atoms. The number of imide groups is 1. The zero-order valence-corrected chi connectivity index (χ0v) is 12.2. The summed E-state index contributed by atoms with van der Waals surface area (Å²) in [5.41, 5.74) is 7.30. The molecule has 0 aromatic heterocycles. The number of amides is 2. The summed E-state index contributed by atoms with van der Waals surface area (Å²) in [6, 6.07) is 7.46. The van der Waals surface area contributed by atoms with Gasteiger partial charge in [-0.25, -0.2) is 0 Å². The fraction of sp³-hybridized carbons (Fsp3) is 0.444. The lowest BCUT2D eigenvalue weighted by Gasteiger charge is -2.37. The topological polar surface area (TPSA) is 63.4 Å². The summed E-state index contributed by atoms with van der Waals surface area (Å²) >= 11 is 0. The first-order chi connectivity index (χ1) is 10.7. The van der Waals surface area contributed by atoms with Gasteiger partial charge in [0, 0.05) is 6.54 Å². The number of benzene rings is 1. The molecule has 6 rings (SSSR count). The van der Waals surface area contributed by atoms with Crippen molar-refractivity contribution in [2.75, 3.05) is 4.90 Å². The van der Waals surface area contributed by atoms with Crippen LogP contribution in [0.15, 0.2) is 36.4 Å². The molecule has 2 unspecified atom stereocenters. The van der Waals surface area contributed by atoms with Crippen LogP contribution in [0, 0.1) is 35.5 Å². The Morgan fingerprint density at radius 3 is 2.00 bits per heavy atom. The van der Waals surface area contributed by atoms with Gasteiger partial charge in [0.25, 0.3) is 0 Å². The van der Waals surface area contributed by atoms with E-state index >= 15 is 0 Å². The molecule has 0 spiro atoms. The second-order valence-electron chi connectivity index (χ2n) is 7.04. The molecule has 6 atom stereocenters. The minimum Gasteiger partial charge on any atom is -0.326 e. The second kappa shape index (κ2) is 4.07. The van der Waals surface area contributed by atoms with E-state index in [0.29, 0.717) is 24.1 Å². The van der Waals surface area contributed by atoms with Gasteiger partial charge < -0.3 is 5.73 Å². The van der Waals surface area contributed by atoms with Gasteiger partial charge in [-0.3, -0.25) is 14.5 Å². The molecular formula is C18H18N2O2. The predicted molar refractivity (Wildman–Crippen MR) is 81.5 cm³/mol. The molecule has 1 aromatic carbocycles. The van der Waals surface area contributed by atoms with Crippen molar-refractivity contribution in [3.05, 3.63) is 42.0 Å². The molecule has 3 fully saturated rings. The van der Waals surface area contributed by atoms with Crippen molar-refractivity contribution in [1.29, 1.82) is 0 Å². The Morgan fingerprint density at radius 1 is 0.955 bits per heavy atom. The third kappa shape index (κ3) is 1.41. The van der Waals surface area contributed by atoms with Crippen molar-refractivity contribution in [2.24, 2.45) is 41.2 Å². The molecule has 4 aliphatic carbocycles. The smallest absolute Gasteiger partial charge is 0.238 e. The third-order valence-electron chi connectivity index (χ3n) is 6.09. The van der Waals surface area contributed by atoms with Crippen LogP contribution in [-0.2, 0) is 16.1 Å². The minimum atomic E-state index is -0.125. The van der Waals surface area contributed by atoms with E-state index in [0.717, 1.165) is 5.56 Å². The highest BCUT2D eigenvalue weighted by Crippen LogP contribution is 2.65. The molecule has 1 saturated heterocycles. The lowest BCUT2D eigenvalue weighted by molar-refractivity contribution is -0.124. The molecule has 4 nitrogen and oxygen atoms in total. The molecule has 112 valence electrons. The molecule has 2 N–H and O–H groups in total. The lowest BCUT2D eigenvalue weighted by atomic mass is 9.63. The molecule has 4 heteroatoms. The van der Waals surface area contributed by atoms with Crippen molar-refractivity contribution in [3.8, 4) is 0 Å². The van der Waals surface area contributed by atoms with Crippen LogP contribution in [0.3, 0.4) is 0 Å². The standard InChI is InChI=1S/C18H18N2O2/c19-8-9-1-3-10(4-2-9)20-17(21)15-11-5-6-12(14-7-13(11)14)16(15)18(20)22/h1-6,11-16H,7-8,19H2/t11-,12?,13?,14-,15-,16+/m0/s1. The van der Waals surface area contributed by atoms with E-state index in [1.165, 1.54) is 11.3 Å². The van der Waals surface area contributed by atoms with E-state index in [4.69, 9.17) is 5.73 Å². The Hall–Kier alpha value is -1.94. The summed E-state index contributed by atoms with van der Waals surface area (Å²) in [5.74, 6) is 1.61. The minimum absolute atomic E-state index is 0.000184. The van der Waals surface area contributed by atoms with E-state index in [1.54, 1.807) is 0 Å². The van der Waals surface area contributed by atoms with Crippen molar-refractivity contribution in [3.63, 3.8) is 0 Å². The van der Waals surface area contributed by atoms with E-state index in [9.17, 15) is 9.59 Å². The van der Waals surface area contributed by atoms with Gasteiger partial charge in [-0.2, -0.15) is 0 Å². The van der Waals surface area contributed by atoms with Gasteiger partial charge >= 0.3 is 0 Å². The van der Waals surface area contributed by atoms with E-state index in [1.807, 2.05) is 24.3 Å². The van der Waals surface area contributed by atoms with Crippen LogP contribution in [0.4, 0.5) is 5.69 Å². The van der Waals surface area contributed by atoms with Gasteiger partial charge in [-0.15, -0.1) is 0 Å². The van der Waals surface area contributed by atoms with Gasteiger partial charge in [-0.05, 0) is 47.8 Å². The normalized spacial score (nSPS) is 40.9. The van der Waals surface area contributed by atoms with E-state index < -0.39 is 0 Å². The molecule has 2 amide bonds. The molecule has 1 aliphatic heterocycles. The Kier molecular flexibility index (Phi) is 2.33. The summed E-state index contributed by atoms with van der Waals surface area (Å²) in [5, 5.41) is 0. The van der Waals surface area contributed by atoms with Crippen molar-refractivity contribution >= 4 is 17.5 Å². The maximum atomic E-state index is 12.9. The van der Waals surface area contributed by atoms with Crippen LogP contribution in [0.2, 0.25) is 0 Å². The fourth-order valence-corrected chi connectivity index (χ4v) is 4.99. The third-order valence-corrected chi connectivity index (χ3v) is 6.09. The predicted octanol–water partition coefficient (Wildman–Crippen LogP) is 1.70. The molecule has 5 aliphatic rings. The summed E-state index contributed by atoms with van der Waals surface area (Å²) in [6.45, 7) is 0.463. The lowest BCUT2D eigenvalue weighted by Crippen LogP contribution is -2.40. The molecular weight excluding hydrogens is 276 g/mol. The molecule has 22 heavy (non-hydrogen) atoms. The molecule has 2 saturated carbocycles. The number of carbonyl (C=O) groups is 2. The van der Waals surface area contributed by atoms with Crippen molar-refractivity contribution in [2.45, 2.75) is 13.0 Å². The number of carbonyl (C=O) groups excluding carboxylic acids is 2. The van der Waals surface area contributed by atoms with Crippen LogP contribution in [-0.4, -0.2) is 11.8 Å². The van der Waals surface area contributed by atoms with Gasteiger partial charge in [0.2, 0.25) is 11.8 Å². The SMILES string of the molecule is NCc1ccc(N2C(=O)[C@@H]3[C@H](C2=O)C2C=C[C@H]3C3C[C@@H]23)cc1. The van der Waals surface area contributed by atoms with Gasteiger partial charge in [0.05, 0.1) is 17.5 Å². The maximum Gasteiger partial charge on any atom is 0.238 e. The Morgan fingerprint density at radius 2 is 1.50 bits per heavy atom. The van der Waals surface area contributed by atoms with Crippen molar-refractivity contribution in [1.82, 2.24) is 0 Å². The average molecular weight is 294 g/mol. The van der Waals surface area contributed by atoms with Gasteiger partial charge in [0.1, 0.15) is 0 Å². The number of nitrogens with zero attached hydrogens (tertiary/aromatic N) is 1. The maximum absolute atomic E-state index is 12.9. The van der Waals surface area contributed by atoms with E-state index in [-0.39, 0.29) is 35.5 Å². The van der Waals surface area contributed by atoms with Crippen LogP contribution in [0.1, 0.15) is 12.0 Å². The van der Waals surface area contributed by atoms with Crippen LogP contribution < -0.4 is 10.6 Å². The number of allylic oxidation sites excluding steroid dienone is 2. The molecule has 0 radical (unpaired) electrons. The highest BCUT2D eigenvalue weighted by Gasteiger charge is 2.67. The zero-order chi connectivity index (χ0) is 15.0. The van der Waals surface area contributed by atoms with Gasteiger partial charge in [0.15, 0.2) is 0 Å². The first-order valence-corrected chi connectivity index (χ1v) is 8.06. The monoisotopic (exact) mass is 294 g/mol. The Balaban J connectivity index is 1.54. The highest BCUT2D eigenvalue weighted by molar-refractivity contribution is 6.22. The number of nitrogens with two attached hydrogens (primary N) is 1. The fourth-order valence-electron chi connectivity index (χ4n) is 4.99. The van der Waals surface area contributed by atoms with Crippen molar-refractivity contribution < 1.29 is 9.59 Å². The molecule has 1 aromatic rings.